The van der Waals surface area contributed by atoms with Gasteiger partial charge in [0.2, 0.25) is 0 Å². The first-order valence-electron chi connectivity index (χ1n) is 11.0. The number of rotatable bonds is 18. The summed E-state index contributed by atoms with van der Waals surface area (Å²) in [5.41, 5.74) is -0.353. The third-order valence-electron chi connectivity index (χ3n) is 5.88. The van der Waals surface area contributed by atoms with Gasteiger partial charge in [-0.1, -0.05) is 65.7 Å². The lowest BCUT2D eigenvalue weighted by atomic mass is 9.70. The van der Waals surface area contributed by atoms with Crippen molar-refractivity contribution in [2.45, 2.75) is 103 Å². The molecule has 0 saturated carbocycles. The van der Waals surface area contributed by atoms with E-state index in [1.807, 2.05) is 0 Å². The van der Waals surface area contributed by atoms with Crippen LogP contribution in [0, 0.1) is 5.41 Å². The first-order valence-corrected chi connectivity index (χ1v) is 11.0. The maximum atomic E-state index is 6.49. The number of epoxide rings is 1. The van der Waals surface area contributed by atoms with E-state index >= 15 is 0 Å². The van der Waals surface area contributed by atoms with Crippen molar-refractivity contribution in [3.63, 3.8) is 0 Å². The normalized spacial score (nSPS) is 18.7. The summed E-state index contributed by atoms with van der Waals surface area (Å²) in [6.45, 7) is 8.11. The molecule has 0 radical (unpaired) electrons. The van der Waals surface area contributed by atoms with Crippen LogP contribution in [0.25, 0.3) is 0 Å². The molecule has 27 heavy (non-hydrogen) atoms. The fraction of sp³-hybridized carbons (Fsp3) is 1.00. The second kappa shape index (κ2) is 13.1. The van der Waals surface area contributed by atoms with Crippen molar-refractivity contribution >= 4 is 0 Å². The lowest BCUT2D eigenvalue weighted by Gasteiger charge is -2.51. The summed E-state index contributed by atoms with van der Waals surface area (Å²) in [7, 11) is 5.03. The molecule has 162 valence electrons. The molecular weight excluding hydrogens is 344 g/mol. The van der Waals surface area contributed by atoms with Crippen molar-refractivity contribution in [1.29, 1.82) is 0 Å². The molecule has 1 fully saturated rings. The summed E-state index contributed by atoms with van der Waals surface area (Å²) in [4.78, 5) is 0. The zero-order chi connectivity index (χ0) is 20.2. The Balaban J connectivity index is 3.07. The number of methoxy groups -OCH3 is 3. The van der Waals surface area contributed by atoms with Gasteiger partial charge in [-0.2, -0.15) is 0 Å². The maximum absolute atomic E-state index is 6.49. The van der Waals surface area contributed by atoms with Gasteiger partial charge in [0, 0.05) is 21.3 Å². The molecule has 1 saturated heterocycles. The van der Waals surface area contributed by atoms with Crippen molar-refractivity contribution in [3.05, 3.63) is 0 Å². The molecule has 0 bridgehead atoms. The summed E-state index contributed by atoms with van der Waals surface area (Å²) >= 11 is 0. The fourth-order valence-electron chi connectivity index (χ4n) is 4.54. The SMILES string of the molecule is CCCCCCCC(OCC1CO1)C(CCC)(CCC)C(OC)(OC)OC. The Morgan fingerprint density at radius 2 is 1.41 bits per heavy atom. The standard InChI is InChI=1S/C22H44O5/c1-7-10-11-12-13-14-20(27-18-19-17-26-19)21(15-8-2,16-9-3)22(23-4,24-5)25-6/h19-20H,7-18H2,1-6H3. The summed E-state index contributed by atoms with van der Waals surface area (Å²) < 4.78 is 29.6. The molecule has 0 spiro atoms. The predicted molar refractivity (Wildman–Crippen MR) is 109 cm³/mol. The Morgan fingerprint density at radius 3 is 1.85 bits per heavy atom. The summed E-state index contributed by atoms with van der Waals surface area (Å²) in [5.74, 6) is -1.10. The topological polar surface area (TPSA) is 49.5 Å². The van der Waals surface area contributed by atoms with Crippen LogP contribution in [0.3, 0.4) is 0 Å². The highest BCUT2D eigenvalue weighted by molar-refractivity contribution is 4.95. The molecule has 1 heterocycles. The minimum atomic E-state index is -1.10. The molecule has 2 atom stereocenters. The van der Waals surface area contributed by atoms with Crippen molar-refractivity contribution < 1.29 is 23.7 Å². The van der Waals surface area contributed by atoms with Crippen LogP contribution >= 0.6 is 0 Å². The molecule has 0 amide bonds. The largest absolute Gasteiger partial charge is 0.375 e. The average molecular weight is 389 g/mol. The van der Waals surface area contributed by atoms with E-state index in [2.05, 4.69) is 20.8 Å². The Hall–Kier alpha value is -0.200. The van der Waals surface area contributed by atoms with Crippen molar-refractivity contribution in [1.82, 2.24) is 0 Å². The van der Waals surface area contributed by atoms with Crippen molar-refractivity contribution in [3.8, 4) is 0 Å². The second-order valence-corrected chi connectivity index (χ2v) is 7.80. The Kier molecular flexibility index (Phi) is 12.1. The van der Waals surface area contributed by atoms with E-state index in [0.717, 1.165) is 45.1 Å². The Bertz CT molecular complexity index is 351. The molecule has 0 aliphatic carbocycles. The van der Waals surface area contributed by atoms with Gasteiger partial charge in [0.25, 0.3) is 5.97 Å². The molecule has 5 heteroatoms. The molecule has 1 aliphatic rings. The summed E-state index contributed by atoms with van der Waals surface area (Å²) in [6, 6.07) is 0. The van der Waals surface area contributed by atoms with E-state index in [9.17, 15) is 0 Å². The lowest BCUT2D eigenvalue weighted by molar-refractivity contribution is -0.424. The van der Waals surface area contributed by atoms with Crippen LogP contribution in [0.2, 0.25) is 0 Å². The van der Waals surface area contributed by atoms with E-state index in [1.54, 1.807) is 21.3 Å². The van der Waals surface area contributed by atoms with E-state index in [1.165, 1.54) is 25.7 Å². The van der Waals surface area contributed by atoms with Crippen LogP contribution in [0.1, 0.15) is 85.0 Å². The van der Waals surface area contributed by atoms with Crippen LogP contribution in [-0.2, 0) is 23.7 Å². The third-order valence-corrected chi connectivity index (χ3v) is 5.88. The minimum Gasteiger partial charge on any atom is -0.375 e. The number of unbranched alkanes of at least 4 members (excludes halogenated alkanes) is 4. The van der Waals surface area contributed by atoms with Crippen molar-refractivity contribution in [2.75, 3.05) is 34.5 Å². The summed E-state index contributed by atoms with van der Waals surface area (Å²) in [6.07, 6.45) is 11.4. The highest BCUT2D eigenvalue weighted by Gasteiger charge is 2.57. The molecular formula is C22H44O5. The Labute approximate surface area is 167 Å². The smallest absolute Gasteiger partial charge is 0.290 e. The molecule has 2 unspecified atom stereocenters. The lowest BCUT2D eigenvalue weighted by Crippen LogP contribution is -2.59. The quantitative estimate of drug-likeness (QED) is 0.181. The van der Waals surface area contributed by atoms with Gasteiger partial charge in [0.05, 0.1) is 24.7 Å². The molecule has 0 aromatic carbocycles. The minimum absolute atomic E-state index is 0.0167. The molecule has 0 aromatic heterocycles. The monoisotopic (exact) mass is 388 g/mol. The van der Waals surface area contributed by atoms with E-state index in [0.29, 0.717) is 6.61 Å². The number of hydrogen-bond donors (Lipinski definition) is 0. The van der Waals surface area contributed by atoms with E-state index in [-0.39, 0.29) is 17.6 Å². The molecule has 1 rings (SSSR count). The highest BCUT2D eigenvalue weighted by Crippen LogP contribution is 2.49. The second-order valence-electron chi connectivity index (χ2n) is 7.80. The molecule has 0 N–H and O–H groups in total. The zero-order valence-corrected chi connectivity index (χ0v) is 18.7. The average Bonchev–Trinajstić information content (AvgIpc) is 3.50. The fourth-order valence-corrected chi connectivity index (χ4v) is 4.54. The van der Waals surface area contributed by atoms with Crippen LogP contribution in [0.15, 0.2) is 0 Å². The van der Waals surface area contributed by atoms with Gasteiger partial charge in [-0.3, -0.25) is 0 Å². The number of ether oxygens (including phenoxy) is 5. The highest BCUT2D eigenvalue weighted by atomic mass is 16.9. The van der Waals surface area contributed by atoms with Gasteiger partial charge in [0.15, 0.2) is 0 Å². The first-order chi connectivity index (χ1) is 13.1. The van der Waals surface area contributed by atoms with Crippen LogP contribution in [-0.4, -0.2) is 52.7 Å². The molecule has 0 aromatic rings. The number of hydrogen-bond acceptors (Lipinski definition) is 5. The zero-order valence-electron chi connectivity index (χ0n) is 18.7. The summed E-state index contributed by atoms with van der Waals surface area (Å²) in [5, 5.41) is 0. The third kappa shape index (κ3) is 6.67. The van der Waals surface area contributed by atoms with Gasteiger partial charge in [-0.15, -0.1) is 0 Å². The van der Waals surface area contributed by atoms with Gasteiger partial charge in [-0.25, -0.2) is 0 Å². The van der Waals surface area contributed by atoms with Gasteiger partial charge >= 0.3 is 0 Å². The van der Waals surface area contributed by atoms with Crippen LogP contribution in [0.4, 0.5) is 0 Å². The van der Waals surface area contributed by atoms with Gasteiger partial charge < -0.3 is 23.7 Å². The maximum Gasteiger partial charge on any atom is 0.290 e. The van der Waals surface area contributed by atoms with Crippen LogP contribution < -0.4 is 0 Å². The first kappa shape index (κ1) is 24.8. The predicted octanol–water partition coefficient (Wildman–Crippen LogP) is 5.31. The Morgan fingerprint density at radius 1 is 0.852 bits per heavy atom. The molecule has 5 nitrogen and oxygen atoms in total. The molecule has 1 aliphatic heterocycles. The van der Waals surface area contributed by atoms with E-state index < -0.39 is 5.97 Å². The van der Waals surface area contributed by atoms with Gasteiger partial charge in [0.1, 0.15) is 6.10 Å². The van der Waals surface area contributed by atoms with Gasteiger partial charge in [-0.05, 0) is 19.3 Å². The van der Waals surface area contributed by atoms with E-state index in [4.69, 9.17) is 23.7 Å². The van der Waals surface area contributed by atoms with Crippen molar-refractivity contribution in [2.24, 2.45) is 5.41 Å². The van der Waals surface area contributed by atoms with Crippen LogP contribution in [0.5, 0.6) is 0 Å².